The van der Waals surface area contributed by atoms with E-state index >= 15 is 0 Å². The van der Waals surface area contributed by atoms with Gasteiger partial charge in [0, 0.05) is 12.1 Å². The summed E-state index contributed by atoms with van der Waals surface area (Å²) in [6.07, 6.45) is -0.735. The molecule has 4 N–H and O–H groups in total. The summed E-state index contributed by atoms with van der Waals surface area (Å²) in [6.45, 7) is 2.06. The lowest BCUT2D eigenvalue weighted by Gasteiger charge is -2.39. The van der Waals surface area contributed by atoms with E-state index in [0.717, 1.165) is 0 Å². The Morgan fingerprint density at radius 1 is 1.36 bits per heavy atom. The van der Waals surface area contributed by atoms with Crippen molar-refractivity contribution in [3.8, 4) is 11.8 Å². The van der Waals surface area contributed by atoms with Crippen LogP contribution in [0.2, 0.25) is 5.02 Å². The number of nitriles is 1. The summed E-state index contributed by atoms with van der Waals surface area (Å²) in [5.74, 6) is 0.531. The van der Waals surface area contributed by atoms with Gasteiger partial charge in [-0.15, -0.1) is 0 Å². The van der Waals surface area contributed by atoms with Crippen molar-refractivity contribution < 1.29 is 9.84 Å². The molecule has 2 unspecified atom stereocenters. The van der Waals surface area contributed by atoms with E-state index in [0.29, 0.717) is 16.3 Å². The highest BCUT2D eigenvalue weighted by molar-refractivity contribution is 6.31. The van der Waals surface area contributed by atoms with Crippen LogP contribution in [-0.2, 0) is 0 Å². The van der Waals surface area contributed by atoms with Crippen molar-refractivity contribution in [2.45, 2.75) is 24.7 Å². The van der Waals surface area contributed by atoms with Crippen LogP contribution in [0.3, 0.4) is 0 Å². The second-order valence-electron chi connectivity index (χ2n) is 5.04. The Morgan fingerprint density at radius 3 is 2.45 bits per heavy atom. The van der Waals surface area contributed by atoms with Gasteiger partial charge in [0.1, 0.15) is 30.2 Å². The maximum absolute atomic E-state index is 10.5. The van der Waals surface area contributed by atoms with Crippen molar-refractivity contribution in [3.63, 3.8) is 0 Å². The highest BCUT2D eigenvalue weighted by Gasteiger charge is 2.38. The Bertz CT molecular complexity index is 529. The summed E-state index contributed by atoms with van der Waals surface area (Å²) in [5.41, 5.74) is -0.436. The molecule has 1 aromatic rings. The molecule has 122 valence electrons. The largest absolute Gasteiger partial charge is 0.490 e. The number of halogens is 1. The van der Waals surface area contributed by atoms with Crippen LogP contribution in [0, 0.1) is 11.3 Å². The number of hydrogen-bond acceptors (Lipinski definition) is 6. The molecule has 0 aliphatic carbocycles. The van der Waals surface area contributed by atoms with Crippen molar-refractivity contribution in [2.75, 3.05) is 27.7 Å². The van der Waals surface area contributed by atoms with Gasteiger partial charge in [-0.1, -0.05) is 11.6 Å². The maximum Gasteiger partial charge on any atom is 0.131 e. The number of nitrogens with zero attached hydrogens (tertiary/aromatic N) is 1. The zero-order valence-electron chi connectivity index (χ0n) is 13.3. The number of likely N-dealkylation sites (N-methyl/N-ethyl adjacent to an activating group) is 3. The van der Waals surface area contributed by atoms with Crippen LogP contribution >= 0.6 is 11.6 Å². The normalized spacial score (nSPS) is 14.2. The number of aliphatic hydroxyl groups excluding tert-OH is 1. The number of benzene rings is 1. The van der Waals surface area contributed by atoms with Crippen LogP contribution in [0.4, 0.5) is 0 Å². The van der Waals surface area contributed by atoms with Crippen LogP contribution in [0.1, 0.15) is 12.5 Å². The van der Waals surface area contributed by atoms with Crippen molar-refractivity contribution in [3.05, 3.63) is 28.8 Å². The van der Waals surface area contributed by atoms with E-state index < -0.39 is 11.8 Å². The lowest BCUT2D eigenvalue weighted by atomic mass is 9.98. The molecule has 0 saturated heterocycles. The van der Waals surface area contributed by atoms with Crippen LogP contribution in [0.15, 0.2) is 18.2 Å². The molecule has 7 heteroatoms. The molecule has 0 aromatic heterocycles. The third-order valence-electron chi connectivity index (χ3n) is 3.85. The van der Waals surface area contributed by atoms with Crippen molar-refractivity contribution in [1.29, 1.82) is 5.26 Å². The molecule has 0 bridgehead atoms. The Balaban J connectivity index is 2.89. The molecule has 0 amide bonds. The van der Waals surface area contributed by atoms with E-state index in [9.17, 15) is 5.11 Å². The van der Waals surface area contributed by atoms with Crippen LogP contribution in [-0.4, -0.2) is 50.7 Å². The number of aliphatic hydroxyl groups is 1. The Labute approximate surface area is 136 Å². The molecule has 6 nitrogen and oxygen atoms in total. The van der Waals surface area contributed by atoms with Gasteiger partial charge in [0.05, 0.1) is 10.6 Å². The first-order chi connectivity index (χ1) is 10.4. The van der Waals surface area contributed by atoms with E-state index in [4.69, 9.17) is 21.6 Å². The summed E-state index contributed by atoms with van der Waals surface area (Å²) in [4.78, 5) is 0. The second-order valence-corrected chi connectivity index (χ2v) is 5.44. The fourth-order valence-corrected chi connectivity index (χ4v) is 2.32. The molecule has 0 heterocycles. The van der Waals surface area contributed by atoms with E-state index in [1.54, 1.807) is 39.3 Å². The van der Waals surface area contributed by atoms with Gasteiger partial charge in [0.15, 0.2) is 0 Å². The quantitative estimate of drug-likeness (QED) is 0.526. The van der Waals surface area contributed by atoms with E-state index in [-0.39, 0.29) is 12.6 Å². The van der Waals surface area contributed by atoms with E-state index in [2.05, 4.69) is 16.0 Å². The van der Waals surface area contributed by atoms with Gasteiger partial charge in [-0.3, -0.25) is 10.6 Å². The SMILES string of the molecule is CNC(C)C(O)C(COc1ccc(C#N)c(Cl)c1)(NC)NC. The minimum atomic E-state index is -0.831. The number of nitrogens with one attached hydrogen (secondary N) is 3. The molecule has 0 aliphatic heterocycles. The smallest absolute Gasteiger partial charge is 0.131 e. The lowest BCUT2D eigenvalue weighted by Crippen LogP contribution is -2.69. The summed E-state index contributed by atoms with van der Waals surface area (Å²) in [7, 11) is 5.28. The molecule has 0 saturated carbocycles. The minimum absolute atomic E-state index is 0.145. The molecule has 1 aromatic carbocycles. The van der Waals surface area contributed by atoms with Crippen molar-refractivity contribution in [2.24, 2.45) is 0 Å². The summed E-state index contributed by atoms with van der Waals surface area (Å²) in [5, 5.41) is 28.9. The molecule has 1 rings (SSSR count). The van der Waals surface area contributed by atoms with Crippen molar-refractivity contribution in [1.82, 2.24) is 16.0 Å². The highest BCUT2D eigenvalue weighted by atomic mass is 35.5. The number of ether oxygens (including phenoxy) is 1. The first kappa shape index (κ1) is 18.7. The molecule has 0 radical (unpaired) electrons. The molecular weight excluding hydrogens is 304 g/mol. The van der Waals surface area contributed by atoms with Gasteiger partial charge < -0.3 is 15.2 Å². The van der Waals surface area contributed by atoms with Gasteiger partial charge in [0.2, 0.25) is 0 Å². The number of rotatable bonds is 8. The van der Waals surface area contributed by atoms with Gasteiger partial charge >= 0.3 is 0 Å². The summed E-state index contributed by atoms with van der Waals surface area (Å²) in [6, 6.07) is 6.72. The summed E-state index contributed by atoms with van der Waals surface area (Å²) >= 11 is 5.99. The lowest BCUT2D eigenvalue weighted by molar-refractivity contribution is -0.00499. The molecule has 0 spiro atoms. The third kappa shape index (κ3) is 4.09. The Kier molecular flexibility index (Phi) is 7.07. The van der Waals surface area contributed by atoms with Crippen molar-refractivity contribution >= 4 is 11.6 Å². The first-order valence-corrected chi connectivity index (χ1v) is 7.37. The standard InChI is InChI=1S/C15H23ClN4O2/c1-10(18-2)14(21)15(19-3,20-4)9-22-12-6-5-11(8-17)13(16)7-12/h5-7,10,14,18-21H,9H2,1-4H3. The molecule has 0 fully saturated rings. The minimum Gasteiger partial charge on any atom is -0.490 e. The van der Waals surface area contributed by atoms with E-state index in [1.807, 2.05) is 13.0 Å². The van der Waals surface area contributed by atoms with Crippen LogP contribution < -0.4 is 20.7 Å². The maximum atomic E-state index is 10.5. The highest BCUT2D eigenvalue weighted by Crippen LogP contribution is 2.23. The van der Waals surface area contributed by atoms with Gasteiger partial charge in [-0.2, -0.15) is 5.26 Å². The Morgan fingerprint density at radius 2 is 2.00 bits per heavy atom. The summed E-state index contributed by atoms with van der Waals surface area (Å²) < 4.78 is 5.74. The molecular formula is C15H23ClN4O2. The average Bonchev–Trinajstić information content (AvgIpc) is 2.55. The van der Waals surface area contributed by atoms with Gasteiger partial charge in [0.25, 0.3) is 0 Å². The van der Waals surface area contributed by atoms with Crippen LogP contribution in [0.5, 0.6) is 5.75 Å². The van der Waals surface area contributed by atoms with Crippen LogP contribution in [0.25, 0.3) is 0 Å². The number of hydrogen-bond donors (Lipinski definition) is 4. The Hall–Kier alpha value is -1.36. The van der Waals surface area contributed by atoms with Gasteiger partial charge in [-0.25, -0.2) is 0 Å². The molecule has 22 heavy (non-hydrogen) atoms. The second kappa shape index (κ2) is 8.32. The first-order valence-electron chi connectivity index (χ1n) is 6.99. The fourth-order valence-electron chi connectivity index (χ4n) is 2.11. The predicted molar refractivity (Wildman–Crippen MR) is 87.0 cm³/mol. The monoisotopic (exact) mass is 326 g/mol. The zero-order valence-corrected chi connectivity index (χ0v) is 14.0. The fraction of sp³-hybridized carbons (Fsp3) is 0.533. The zero-order chi connectivity index (χ0) is 16.8. The topological polar surface area (TPSA) is 89.3 Å². The predicted octanol–water partition coefficient (Wildman–Crippen LogP) is 0.694. The third-order valence-corrected chi connectivity index (χ3v) is 4.17. The average molecular weight is 327 g/mol. The molecule has 2 atom stereocenters. The molecule has 0 aliphatic rings. The van der Waals surface area contributed by atoms with E-state index in [1.165, 1.54) is 0 Å². The van der Waals surface area contributed by atoms with Gasteiger partial charge in [-0.05, 0) is 40.2 Å².